The van der Waals surface area contributed by atoms with Gasteiger partial charge in [-0.15, -0.1) is 0 Å². The van der Waals surface area contributed by atoms with Gasteiger partial charge in [0.25, 0.3) is 5.91 Å². The summed E-state index contributed by atoms with van der Waals surface area (Å²) in [5, 5.41) is 10.6. The largest absolute Gasteiger partial charge is 0.397 e. The number of carbonyl (C=O) groups excluding carboxylic acids is 1. The summed E-state index contributed by atoms with van der Waals surface area (Å²) < 4.78 is 1.69. The average molecular weight is 255 g/mol. The Morgan fingerprint density at radius 1 is 1.47 bits per heavy atom. The van der Waals surface area contributed by atoms with E-state index in [4.69, 9.17) is 5.73 Å². The molecule has 0 bridgehead atoms. The summed E-state index contributed by atoms with van der Waals surface area (Å²) >= 11 is 0. The lowest BCUT2D eigenvalue weighted by molar-refractivity contribution is 0.101. The Labute approximate surface area is 109 Å². The monoisotopic (exact) mass is 255 g/mol. The molecule has 4 N–H and O–H groups in total. The molecule has 96 valence electrons. The molecule has 0 aliphatic carbocycles. The number of hydrogen-bond donors (Lipinski definition) is 3. The van der Waals surface area contributed by atoms with Gasteiger partial charge in [0, 0.05) is 18.6 Å². The van der Waals surface area contributed by atoms with Crippen LogP contribution >= 0.6 is 0 Å². The van der Waals surface area contributed by atoms with E-state index in [2.05, 4.69) is 15.5 Å². The molecule has 0 atom stereocenters. The second-order valence-electron chi connectivity index (χ2n) is 4.36. The number of carbonyl (C=O) groups is 1. The van der Waals surface area contributed by atoms with Crippen LogP contribution in [0.3, 0.4) is 0 Å². The standard InChI is InChI=1S/C13H13N5O/c1-18-7-8(14)5-12(18)13(19)16-10-3-2-4-11-9(10)6-15-17-11/h2-7H,14H2,1H3,(H,15,17)(H,16,19). The van der Waals surface area contributed by atoms with Crippen molar-refractivity contribution in [1.29, 1.82) is 0 Å². The first-order chi connectivity index (χ1) is 9.15. The third-order valence-corrected chi connectivity index (χ3v) is 2.99. The molecule has 3 aromatic rings. The molecule has 0 saturated heterocycles. The van der Waals surface area contributed by atoms with Crippen LogP contribution in [0.2, 0.25) is 0 Å². The fraction of sp³-hybridized carbons (Fsp3) is 0.0769. The van der Waals surface area contributed by atoms with E-state index >= 15 is 0 Å². The first-order valence-corrected chi connectivity index (χ1v) is 5.80. The number of nitrogens with one attached hydrogen (secondary N) is 2. The molecule has 19 heavy (non-hydrogen) atoms. The molecule has 0 aliphatic rings. The number of benzene rings is 1. The van der Waals surface area contributed by atoms with Crippen LogP contribution in [0.4, 0.5) is 11.4 Å². The molecule has 1 amide bonds. The second kappa shape index (κ2) is 4.16. The quantitative estimate of drug-likeness (QED) is 0.651. The van der Waals surface area contributed by atoms with E-state index in [0.29, 0.717) is 11.4 Å². The number of aromatic amines is 1. The van der Waals surface area contributed by atoms with Gasteiger partial charge in [0.15, 0.2) is 0 Å². The molecule has 0 unspecified atom stereocenters. The number of nitrogens with two attached hydrogens (primary N) is 1. The molecule has 0 spiro atoms. The zero-order chi connectivity index (χ0) is 13.4. The molecule has 1 aromatic carbocycles. The number of fused-ring (bicyclic) bond motifs is 1. The number of nitrogen functional groups attached to an aromatic ring is 1. The van der Waals surface area contributed by atoms with E-state index in [1.807, 2.05) is 18.2 Å². The van der Waals surface area contributed by atoms with E-state index in [1.54, 1.807) is 30.1 Å². The fourth-order valence-electron chi connectivity index (χ4n) is 2.08. The first-order valence-electron chi connectivity index (χ1n) is 5.80. The van der Waals surface area contributed by atoms with Crippen LogP contribution in [0.1, 0.15) is 10.5 Å². The van der Waals surface area contributed by atoms with Gasteiger partial charge in [-0.2, -0.15) is 5.10 Å². The third kappa shape index (κ3) is 1.93. The topological polar surface area (TPSA) is 88.7 Å². The highest BCUT2D eigenvalue weighted by Crippen LogP contribution is 2.22. The van der Waals surface area contributed by atoms with Gasteiger partial charge in [0.05, 0.1) is 23.1 Å². The summed E-state index contributed by atoms with van der Waals surface area (Å²) in [6, 6.07) is 7.24. The Hall–Kier alpha value is -2.76. The number of nitrogens with zero attached hydrogens (tertiary/aromatic N) is 2. The minimum Gasteiger partial charge on any atom is -0.397 e. The normalized spacial score (nSPS) is 10.8. The number of hydrogen-bond acceptors (Lipinski definition) is 3. The van der Waals surface area contributed by atoms with Gasteiger partial charge in [-0.25, -0.2) is 0 Å². The van der Waals surface area contributed by atoms with Gasteiger partial charge < -0.3 is 15.6 Å². The maximum Gasteiger partial charge on any atom is 0.272 e. The number of rotatable bonds is 2. The molecule has 0 radical (unpaired) electrons. The molecular formula is C13H13N5O. The lowest BCUT2D eigenvalue weighted by atomic mass is 10.2. The van der Waals surface area contributed by atoms with Crippen molar-refractivity contribution in [2.24, 2.45) is 7.05 Å². The predicted molar refractivity (Wildman–Crippen MR) is 73.9 cm³/mol. The highest BCUT2D eigenvalue weighted by molar-refractivity contribution is 6.08. The molecular weight excluding hydrogens is 242 g/mol. The van der Waals surface area contributed by atoms with Crippen molar-refractivity contribution in [3.05, 3.63) is 42.4 Å². The first kappa shape index (κ1) is 11.3. The molecule has 0 fully saturated rings. The predicted octanol–water partition coefficient (Wildman–Crippen LogP) is 1.74. The Morgan fingerprint density at radius 3 is 3.05 bits per heavy atom. The Morgan fingerprint density at radius 2 is 2.32 bits per heavy atom. The van der Waals surface area contributed by atoms with E-state index in [1.165, 1.54) is 0 Å². The second-order valence-corrected chi connectivity index (χ2v) is 4.36. The van der Waals surface area contributed by atoms with Crippen LogP contribution in [-0.2, 0) is 7.05 Å². The highest BCUT2D eigenvalue weighted by atomic mass is 16.1. The lowest BCUT2D eigenvalue weighted by Gasteiger charge is -2.06. The van der Waals surface area contributed by atoms with Crippen molar-refractivity contribution in [2.75, 3.05) is 11.1 Å². The van der Waals surface area contributed by atoms with Crippen molar-refractivity contribution >= 4 is 28.2 Å². The van der Waals surface area contributed by atoms with Crippen LogP contribution in [-0.4, -0.2) is 20.7 Å². The number of aryl methyl sites for hydroxylation is 1. The van der Waals surface area contributed by atoms with Gasteiger partial charge in [-0.1, -0.05) is 6.07 Å². The zero-order valence-corrected chi connectivity index (χ0v) is 10.3. The van der Waals surface area contributed by atoms with Gasteiger partial charge in [-0.05, 0) is 18.2 Å². The zero-order valence-electron chi connectivity index (χ0n) is 10.3. The van der Waals surface area contributed by atoms with Crippen molar-refractivity contribution in [3.8, 4) is 0 Å². The van der Waals surface area contributed by atoms with Crippen LogP contribution < -0.4 is 11.1 Å². The molecule has 0 saturated carbocycles. The summed E-state index contributed by atoms with van der Waals surface area (Å²) in [6.45, 7) is 0. The van der Waals surface area contributed by atoms with Gasteiger partial charge in [0.1, 0.15) is 5.69 Å². The third-order valence-electron chi connectivity index (χ3n) is 2.99. The fourth-order valence-corrected chi connectivity index (χ4v) is 2.08. The van der Waals surface area contributed by atoms with Crippen LogP contribution in [0, 0.1) is 0 Å². The van der Waals surface area contributed by atoms with E-state index in [-0.39, 0.29) is 5.91 Å². The van der Waals surface area contributed by atoms with Crippen LogP contribution in [0.25, 0.3) is 10.9 Å². The van der Waals surface area contributed by atoms with Crippen molar-refractivity contribution in [3.63, 3.8) is 0 Å². The van der Waals surface area contributed by atoms with Gasteiger partial charge >= 0.3 is 0 Å². The summed E-state index contributed by atoms with van der Waals surface area (Å²) in [6.07, 6.45) is 3.39. The van der Waals surface area contributed by atoms with Gasteiger partial charge in [-0.3, -0.25) is 9.89 Å². The molecule has 6 nitrogen and oxygen atoms in total. The van der Waals surface area contributed by atoms with E-state index < -0.39 is 0 Å². The minimum atomic E-state index is -0.201. The smallest absolute Gasteiger partial charge is 0.272 e. The Balaban J connectivity index is 1.95. The molecule has 6 heteroatoms. The van der Waals surface area contributed by atoms with E-state index in [9.17, 15) is 4.79 Å². The maximum atomic E-state index is 12.2. The lowest BCUT2D eigenvalue weighted by Crippen LogP contribution is -2.15. The van der Waals surface area contributed by atoms with Crippen LogP contribution in [0.15, 0.2) is 36.7 Å². The van der Waals surface area contributed by atoms with E-state index in [0.717, 1.165) is 16.6 Å². The molecule has 3 rings (SSSR count). The summed E-state index contributed by atoms with van der Waals surface area (Å²) in [4.78, 5) is 12.2. The molecule has 2 aromatic heterocycles. The van der Waals surface area contributed by atoms with Crippen LogP contribution in [0.5, 0.6) is 0 Å². The molecule has 0 aliphatic heterocycles. The number of anilines is 2. The highest BCUT2D eigenvalue weighted by Gasteiger charge is 2.12. The van der Waals surface area contributed by atoms with Crippen molar-refractivity contribution in [2.45, 2.75) is 0 Å². The summed E-state index contributed by atoms with van der Waals surface area (Å²) in [5.74, 6) is -0.201. The Kier molecular flexibility index (Phi) is 2.49. The number of aromatic nitrogens is 3. The Bertz CT molecular complexity index is 755. The summed E-state index contributed by atoms with van der Waals surface area (Å²) in [5.41, 5.74) is 8.34. The SMILES string of the molecule is Cn1cc(N)cc1C(=O)Nc1cccc2[nH]ncc12. The number of amides is 1. The minimum absolute atomic E-state index is 0.201. The number of H-pyrrole nitrogens is 1. The summed E-state index contributed by atoms with van der Waals surface area (Å²) in [7, 11) is 1.78. The maximum absolute atomic E-state index is 12.2. The molecule has 2 heterocycles. The average Bonchev–Trinajstić information content (AvgIpc) is 2.96. The van der Waals surface area contributed by atoms with Crippen molar-refractivity contribution in [1.82, 2.24) is 14.8 Å². The van der Waals surface area contributed by atoms with Gasteiger partial charge in [0.2, 0.25) is 0 Å². The van der Waals surface area contributed by atoms with Crippen molar-refractivity contribution < 1.29 is 4.79 Å².